The number of allylic oxidation sites excluding steroid dienone is 1. The van der Waals surface area contributed by atoms with Gasteiger partial charge >= 0.3 is 5.97 Å². The van der Waals surface area contributed by atoms with Crippen LogP contribution in [0.4, 0.5) is 0 Å². The van der Waals surface area contributed by atoms with E-state index in [4.69, 9.17) is 4.74 Å². The van der Waals surface area contributed by atoms with Crippen molar-refractivity contribution in [2.75, 3.05) is 6.61 Å². The van der Waals surface area contributed by atoms with Gasteiger partial charge in [0.05, 0.1) is 0 Å². The molecule has 2 heteroatoms. The van der Waals surface area contributed by atoms with Gasteiger partial charge in [0.2, 0.25) is 0 Å². The van der Waals surface area contributed by atoms with Crippen molar-refractivity contribution in [2.24, 2.45) is 11.8 Å². The highest BCUT2D eigenvalue weighted by Crippen LogP contribution is 2.34. The van der Waals surface area contributed by atoms with Crippen LogP contribution in [-0.4, -0.2) is 12.6 Å². The largest absolute Gasteiger partial charge is 0.461 e. The average Bonchev–Trinajstić information content (AvgIpc) is 3.39. The van der Waals surface area contributed by atoms with Crippen LogP contribution < -0.4 is 0 Å². The summed E-state index contributed by atoms with van der Waals surface area (Å²) < 4.78 is 5.29. The van der Waals surface area contributed by atoms with Gasteiger partial charge in [-0.05, 0) is 31.1 Å². The highest BCUT2D eigenvalue weighted by molar-refractivity contribution is 5.69. The first-order valence-electron chi connectivity index (χ1n) is 10.2. The molecule has 0 radical (unpaired) electrons. The van der Waals surface area contributed by atoms with E-state index < -0.39 is 0 Å². The maximum atomic E-state index is 11.7. The van der Waals surface area contributed by atoms with Crippen molar-refractivity contribution in [1.29, 1.82) is 0 Å². The molecular weight excluding hydrogens is 284 g/mol. The molecule has 0 spiro atoms. The van der Waals surface area contributed by atoms with E-state index in [0.29, 0.717) is 13.0 Å². The number of ether oxygens (including phenoxy) is 1. The van der Waals surface area contributed by atoms with E-state index in [1.807, 2.05) is 6.08 Å². The summed E-state index contributed by atoms with van der Waals surface area (Å²) in [6, 6.07) is 0. The van der Waals surface area contributed by atoms with E-state index in [2.05, 4.69) is 6.08 Å². The first-order chi connectivity index (χ1) is 11.3. The second-order valence-electron chi connectivity index (χ2n) is 7.61. The maximum Gasteiger partial charge on any atom is 0.306 e. The number of hydrogen-bond acceptors (Lipinski definition) is 2. The molecule has 0 heterocycles. The minimum absolute atomic E-state index is 0.0213. The molecule has 0 unspecified atom stereocenters. The predicted molar refractivity (Wildman–Crippen MR) is 96.3 cm³/mol. The Morgan fingerprint density at radius 1 is 0.870 bits per heavy atom. The Morgan fingerprint density at radius 2 is 1.57 bits per heavy atom. The van der Waals surface area contributed by atoms with Crippen LogP contribution in [-0.2, 0) is 9.53 Å². The van der Waals surface area contributed by atoms with Crippen LogP contribution in [0.2, 0.25) is 0 Å². The Hall–Kier alpha value is -0.790. The van der Waals surface area contributed by atoms with Crippen LogP contribution in [0.25, 0.3) is 0 Å². The molecular formula is C21H36O2. The molecule has 0 amide bonds. The fourth-order valence-electron chi connectivity index (χ4n) is 3.60. The lowest BCUT2D eigenvalue weighted by Crippen LogP contribution is -2.06. The predicted octanol–water partition coefficient (Wildman–Crippen LogP) is 6.20. The van der Waals surface area contributed by atoms with E-state index in [1.54, 1.807) is 0 Å². The Morgan fingerprint density at radius 3 is 2.30 bits per heavy atom. The number of esters is 1. The van der Waals surface area contributed by atoms with E-state index in [9.17, 15) is 4.79 Å². The highest BCUT2D eigenvalue weighted by Gasteiger charge is 2.19. The number of carbonyl (C=O) groups is 1. The van der Waals surface area contributed by atoms with Gasteiger partial charge in [-0.2, -0.15) is 0 Å². The van der Waals surface area contributed by atoms with Gasteiger partial charge in [0.1, 0.15) is 6.61 Å². The fraction of sp³-hybridized carbons (Fsp3) is 0.857. The van der Waals surface area contributed by atoms with Gasteiger partial charge in [0, 0.05) is 6.42 Å². The molecule has 2 saturated carbocycles. The molecule has 0 N–H and O–H groups in total. The standard InChI is InChI=1S/C21H36O2/c22-21(23-18-10-14-19-11-7-5-8-12-19)15-9-4-2-1-3-6-13-20-16-17-20/h10,14,19-20H,1-9,11-13,15-18H2. The van der Waals surface area contributed by atoms with Crippen molar-refractivity contribution >= 4 is 5.97 Å². The topological polar surface area (TPSA) is 26.3 Å². The van der Waals surface area contributed by atoms with Gasteiger partial charge in [-0.1, -0.05) is 82.8 Å². The molecule has 2 nitrogen and oxygen atoms in total. The Balaban J connectivity index is 1.34. The third kappa shape index (κ3) is 9.84. The zero-order chi connectivity index (χ0) is 16.2. The van der Waals surface area contributed by atoms with Crippen molar-refractivity contribution < 1.29 is 9.53 Å². The van der Waals surface area contributed by atoms with Crippen molar-refractivity contribution in [3.63, 3.8) is 0 Å². The first-order valence-corrected chi connectivity index (χ1v) is 10.2. The summed E-state index contributed by atoms with van der Waals surface area (Å²) in [4.78, 5) is 11.7. The summed E-state index contributed by atoms with van der Waals surface area (Å²) in [6.45, 7) is 0.469. The monoisotopic (exact) mass is 320 g/mol. The van der Waals surface area contributed by atoms with E-state index in [-0.39, 0.29) is 5.97 Å². The molecule has 2 rings (SSSR count). The van der Waals surface area contributed by atoms with Crippen molar-refractivity contribution in [2.45, 2.75) is 96.3 Å². The van der Waals surface area contributed by atoms with Crippen LogP contribution in [0.15, 0.2) is 12.2 Å². The Kier molecular flexibility index (Phi) is 9.44. The summed E-state index contributed by atoms with van der Waals surface area (Å²) in [6.07, 6.45) is 23.6. The third-order valence-electron chi connectivity index (χ3n) is 5.34. The second kappa shape index (κ2) is 11.7. The molecule has 0 aromatic heterocycles. The summed E-state index contributed by atoms with van der Waals surface area (Å²) in [5.74, 6) is 1.78. The van der Waals surface area contributed by atoms with E-state index in [0.717, 1.165) is 18.3 Å². The van der Waals surface area contributed by atoms with Crippen LogP contribution in [0, 0.1) is 11.8 Å². The van der Waals surface area contributed by atoms with E-state index in [1.165, 1.54) is 83.5 Å². The SMILES string of the molecule is O=C(CCCCCCCCC1CC1)OCC=CC1CCCCC1. The zero-order valence-electron chi connectivity index (χ0n) is 14.9. The molecule has 0 atom stereocenters. The van der Waals surface area contributed by atoms with Crippen LogP contribution in [0.1, 0.15) is 96.3 Å². The lowest BCUT2D eigenvalue weighted by molar-refractivity contribution is -0.142. The minimum atomic E-state index is -0.0213. The van der Waals surface area contributed by atoms with Gasteiger partial charge in [-0.3, -0.25) is 4.79 Å². The zero-order valence-corrected chi connectivity index (χ0v) is 14.9. The van der Waals surface area contributed by atoms with Crippen molar-refractivity contribution in [1.82, 2.24) is 0 Å². The summed E-state index contributed by atoms with van der Waals surface area (Å²) >= 11 is 0. The van der Waals surface area contributed by atoms with Crippen LogP contribution >= 0.6 is 0 Å². The fourth-order valence-corrected chi connectivity index (χ4v) is 3.60. The number of carbonyl (C=O) groups excluding carboxylic acids is 1. The molecule has 2 fully saturated rings. The summed E-state index contributed by atoms with van der Waals surface area (Å²) in [7, 11) is 0. The summed E-state index contributed by atoms with van der Waals surface area (Å²) in [5, 5.41) is 0. The minimum Gasteiger partial charge on any atom is -0.461 e. The average molecular weight is 321 g/mol. The lowest BCUT2D eigenvalue weighted by atomic mass is 9.89. The molecule has 0 bridgehead atoms. The number of hydrogen-bond donors (Lipinski definition) is 0. The van der Waals surface area contributed by atoms with Crippen LogP contribution in [0.3, 0.4) is 0 Å². The molecule has 23 heavy (non-hydrogen) atoms. The number of rotatable bonds is 12. The smallest absolute Gasteiger partial charge is 0.306 e. The summed E-state index contributed by atoms with van der Waals surface area (Å²) in [5.41, 5.74) is 0. The van der Waals surface area contributed by atoms with Gasteiger partial charge in [-0.25, -0.2) is 0 Å². The quantitative estimate of drug-likeness (QED) is 0.243. The normalized spacial score (nSPS) is 19.3. The van der Waals surface area contributed by atoms with Gasteiger partial charge in [0.15, 0.2) is 0 Å². The first kappa shape index (κ1) is 18.5. The molecule has 132 valence electrons. The molecule has 2 aliphatic rings. The van der Waals surface area contributed by atoms with Gasteiger partial charge < -0.3 is 4.74 Å². The second-order valence-corrected chi connectivity index (χ2v) is 7.61. The Bertz CT molecular complexity index is 338. The molecule has 0 aliphatic heterocycles. The van der Waals surface area contributed by atoms with E-state index >= 15 is 0 Å². The van der Waals surface area contributed by atoms with Crippen molar-refractivity contribution in [3.05, 3.63) is 12.2 Å². The molecule has 0 aromatic rings. The van der Waals surface area contributed by atoms with Gasteiger partial charge in [-0.15, -0.1) is 0 Å². The molecule has 0 aromatic carbocycles. The highest BCUT2D eigenvalue weighted by atomic mass is 16.5. The Labute approximate surface area is 143 Å². The van der Waals surface area contributed by atoms with Crippen molar-refractivity contribution in [3.8, 4) is 0 Å². The van der Waals surface area contributed by atoms with Crippen LogP contribution in [0.5, 0.6) is 0 Å². The molecule has 0 saturated heterocycles. The molecule has 2 aliphatic carbocycles. The maximum absolute atomic E-state index is 11.7. The van der Waals surface area contributed by atoms with Gasteiger partial charge in [0.25, 0.3) is 0 Å². The number of unbranched alkanes of at least 4 members (excludes halogenated alkanes) is 5. The lowest BCUT2D eigenvalue weighted by Gasteiger charge is -2.17. The third-order valence-corrected chi connectivity index (χ3v) is 5.34.